The van der Waals surface area contributed by atoms with E-state index in [2.05, 4.69) is 0 Å². The molecule has 2 unspecified atom stereocenters. The standard InChI is InChI=1S/C8H10N2O4/c9-4-1-2-8(10,7(13)14)5(3-4)6(11)12/h1-3,5H,9-10H2,(H,11,12)(H,13,14). The fourth-order valence-electron chi connectivity index (χ4n) is 1.20. The van der Waals surface area contributed by atoms with Gasteiger partial charge in [0, 0.05) is 5.70 Å². The Kier molecular flexibility index (Phi) is 2.31. The molecule has 0 radical (unpaired) electrons. The Morgan fingerprint density at radius 3 is 2.43 bits per heavy atom. The van der Waals surface area contributed by atoms with Crippen LogP contribution >= 0.6 is 0 Å². The highest BCUT2D eigenvalue weighted by atomic mass is 16.4. The number of carboxylic acid groups (broad SMARTS) is 2. The van der Waals surface area contributed by atoms with Crippen LogP contribution in [-0.2, 0) is 9.59 Å². The Hall–Kier alpha value is -1.82. The summed E-state index contributed by atoms with van der Waals surface area (Å²) in [5.41, 5.74) is 9.06. The lowest BCUT2D eigenvalue weighted by Crippen LogP contribution is -2.55. The molecule has 0 heterocycles. The summed E-state index contributed by atoms with van der Waals surface area (Å²) in [7, 11) is 0. The van der Waals surface area contributed by atoms with Gasteiger partial charge in [0.2, 0.25) is 0 Å². The van der Waals surface area contributed by atoms with Crippen LogP contribution in [0.15, 0.2) is 23.9 Å². The molecule has 0 spiro atoms. The Morgan fingerprint density at radius 2 is 2.00 bits per heavy atom. The highest BCUT2D eigenvalue weighted by Gasteiger charge is 2.45. The van der Waals surface area contributed by atoms with Crippen molar-refractivity contribution in [1.29, 1.82) is 0 Å². The Labute approximate surface area is 79.5 Å². The van der Waals surface area contributed by atoms with Crippen molar-refractivity contribution in [2.75, 3.05) is 0 Å². The number of hydrogen-bond donors (Lipinski definition) is 4. The minimum Gasteiger partial charge on any atom is -0.481 e. The van der Waals surface area contributed by atoms with Gasteiger partial charge in [-0.1, -0.05) is 6.08 Å². The molecule has 0 bridgehead atoms. The lowest BCUT2D eigenvalue weighted by molar-refractivity contribution is -0.151. The number of hydrogen-bond acceptors (Lipinski definition) is 4. The zero-order valence-corrected chi connectivity index (χ0v) is 7.18. The van der Waals surface area contributed by atoms with E-state index in [0.717, 1.165) is 12.2 Å². The van der Waals surface area contributed by atoms with E-state index >= 15 is 0 Å². The molecule has 6 nitrogen and oxygen atoms in total. The molecule has 1 rings (SSSR count). The quantitative estimate of drug-likeness (QED) is 0.445. The van der Waals surface area contributed by atoms with Gasteiger partial charge in [0.1, 0.15) is 5.92 Å². The van der Waals surface area contributed by atoms with Gasteiger partial charge < -0.3 is 21.7 Å². The monoisotopic (exact) mass is 198 g/mol. The maximum Gasteiger partial charge on any atom is 0.328 e. The van der Waals surface area contributed by atoms with Crippen molar-refractivity contribution in [2.45, 2.75) is 5.54 Å². The van der Waals surface area contributed by atoms with Gasteiger partial charge in [-0.05, 0) is 12.2 Å². The zero-order valence-electron chi connectivity index (χ0n) is 7.18. The lowest BCUT2D eigenvalue weighted by atomic mass is 9.81. The van der Waals surface area contributed by atoms with Gasteiger partial charge in [0.15, 0.2) is 5.54 Å². The van der Waals surface area contributed by atoms with Crippen molar-refractivity contribution in [3.63, 3.8) is 0 Å². The summed E-state index contributed by atoms with van der Waals surface area (Å²) >= 11 is 0. The van der Waals surface area contributed by atoms with Crippen molar-refractivity contribution in [2.24, 2.45) is 17.4 Å². The number of carbonyl (C=O) groups is 2. The molecular formula is C8H10N2O4. The molecule has 0 fully saturated rings. The third-order valence-corrected chi connectivity index (χ3v) is 2.06. The molecule has 6 N–H and O–H groups in total. The molecule has 2 atom stereocenters. The van der Waals surface area contributed by atoms with Crippen molar-refractivity contribution in [1.82, 2.24) is 0 Å². The van der Waals surface area contributed by atoms with Gasteiger partial charge in [-0.25, -0.2) is 4.79 Å². The van der Waals surface area contributed by atoms with Crippen LogP contribution in [0.25, 0.3) is 0 Å². The molecule has 6 heteroatoms. The lowest BCUT2D eigenvalue weighted by Gasteiger charge is -2.28. The maximum absolute atomic E-state index is 10.8. The fourth-order valence-corrected chi connectivity index (χ4v) is 1.20. The minimum absolute atomic E-state index is 0.194. The van der Waals surface area contributed by atoms with E-state index in [4.69, 9.17) is 21.7 Å². The molecule has 76 valence electrons. The van der Waals surface area contributed by atoms with Crippen LogP contribution in [0.2, 0.25) is 0 Å². The normalized spacial score (nSPS) is 30.9. The maximum atomic E-state index is 10.8. The summed E-state index contributed by atoms with van der Waals surface area (Å²) in [5.74, 6) is -4.06. The molecule has 0 aromatic heterocycles. The van der Waals surface area contributed by atoms with E-state index in [-0.39, 0.29) is 5.70 Å². The van der Waals surface area contributed by atoms with Crippen LogP contribution in [0, 0.1) is 5.92 Å². The van der Waals surface area contributed by atoms with Gasteiger partial charge in [-0.3, -0.25) is 4.79 Å². The second-order valence-electron chi connectivity index (χ2n) is 3.05. The Balaban J connectivity index is 3.15. The SMILES string of the molecule is NC1=CC(C(=O)O)C(N)(C(=O)O)C=C1. The molecule has 0 aromatic rings. The van der Waals surface area contributed by atoms with Gasteiger partial charge in [-0.2, -0.15) is 0 Å². The summed E-state index contributed by atoms with van der Waals surface area (Å²) in [6.07, 6.45) is 3.49. The number of nitrogens with two attached hydrogens (primary N) is 2. The van der Waals surface area contributed by atoms with Gasteiger partial charge in [-0.15, -0.1) is 0 Å². The first kappa shape index (κ1) is 10.3. The van der Waals surface area contributed by atoms with Crippen LogP contribution in [0.5, 0.6) is 0 Å². The third kappa shape index (κ3) is 1.47. The van der Waals surface area contributed by atoms with E-state index in [1.165, 1.54) is 6.08 Å². The second-order valence-corrected chi connectivity index (χ2v) is 3.05. The summed E-state index contributed by atoms with van der Waals surface area (Å²) in [6, 6.07) is 0. The average Bonchev–Trinajstić information content (AvgIpc) is 2.08. The smallest absolute Gasteiger partial charge is 0.328 e. The topological polar surface area (TPSA) is 127 Å². The summed E-state index contributed by atoms with van der Waals surface area (Å²) in [6.45, 7) is 0. The van der Waals surface area contributed by atoms with E-state index < -0.39 is 23.4 Å². The summed E-state index contributed by atoms with van der Waals surface area (Å²) < 4.78 is 0. The number of rotatable bonds is 2. The zero-order chi connectivity index (χ0) is 10.9. The predicted octanol–water partition coefficient (Wildman–Crippen LogP) is -1.12. The first-order chi connectivity index (χ1) is 6.38. The highest BCUT2D eigenvalue weighted by molar-refractivity contribution is 5.90. The molecule has 1 aliphatic carbocycles. The van der Waals surface area contributed by atoms with E-state index in [9.17, 15) is 9.59 Å². The van der Waals surface area contributed by atoms with Crippen LogP contribution in [0.4, 0.5) is 0 Å². The van der Waals surface area contributed by atoms with Crippen molar-refractivity contribution in [3.8, 4) is 0 Å². The molecule has 0 aromatic carbocycles. The molecule has 1 aliphatic rings. The van der Waals surface area contributed by atoms with Gasteiger partial charge in [0.25, 0.3) is 0 Å². The molecule has 0 amide bonds. The number of carboxylic acids is 2. The first-order valence-electron chi connectivity index (χ1n) is 3.79. The molecule has 0 saturated carbocycles. The molecular weight excluding hydrogens is 188 g/mol. The van der Waals surface area contributed by atoms with Crippen molar-refractivity contribution in [3.05, 3.63) is 23.9 Å². The predicted molar refractivity (Wildman–Crippen MR) is 47.1 cm³/mol. The summed E-state index contributed by atoms with van der Waals surface area (Å²) in [5, 5.41) is 17.6. The van der Waals surface area contributed by atoms with E-state index in [1.54, 1.807) is 0 Å². The van der Waals surface area contributed by atoms with Crippen LogP contribution in [0.3, 0.4) is 0 Å². The number of allylic oxidation sites excluding steroid dienone is 1. The Bertz CT molecular complexity index is 347. The van der Waals surface area contributed by atoms with Crippen molar-refractivity contribution < 1.29 is 19.8 Å². The van der Waals surface area contributed by atoms with Crippen LogP contribution < -0.4 is 11.5 Å². The first-order valence-corrected chi connectivity index (χ1v) is 3.79. The van der Waals surface area contributed by atoms with Crippen molar-refractivity contribution >= 4 is 11.9 Å². The van der Waals surface area contributed by atoms with E-state index in [0.29, 0.717) is 0 Å². The summed E-state index contributed by atoms with van der Waals surface area (Å²) in [4.78, 5) is 21.5. The molecule has 14 heavy (non-hydrogen) atoms. The fraction of sp³-hybridized carbons (Fsp3) is 0.250. The van der Waals surface area contributed by atoms with Gasteiger partial charge in [0.05, 0.1) is 0 Å². The Morgan fingerprint density at radius 1 is 1.43 bits per heavy atom. The minimum atomic E-state index is -1.92. The van der Waals surface area contributed by atoms with E-state index in [1.807, 2.05) is 0 Å². The van der Waals surface area contributed by atoms with Crippen LogP contribution in [0.1, 0.15) is 0 Å². The average molecular weight is 198 g/mol. The van der Waals surface area contributed by atoms with Crippen LogP contribution in [-0.4, -0.2) is 27.7 Å². The van der Waals surface area contributed by atoms with Gasteiger partial charge >= 0.3 is 11.9 Å². The third-order valence-electron chi connectivity index (χ3n) is 2.06. The largest absolute Gasteiger partial charge is 0.481 e. The number of aliphatic carboxylic acids is 2. The second kappa shape index (κ2) is 3.15. The molecule has 0 saturated heterocycles. The highest BCUT2D eigenvalue weighted by Crippen LogP contribution is 2.24. The molecule has 0 aliphatic heterocycles.